The van der Waals surface area contributed by atoms with Crippen LogP contribution in [0.4, 0.5) is 0 Å². The van der Waals surface area contributed by atoms with E-state index >= 15 is 0 Å². The monoisotopic (exact) mass is 259 g/mol. The summed E-state index contributed by atoms with van der Waals surface area (Å²) in [7, 11) is 0. The van der Waals surface area contributed by atoms with Crippen molar-refractivity contribution in [2.75, 3.05) is 6.54 Å². The molecule has 1 aromatic rings. The van der Waals surface area contributed by atoms with E-state index in [1.165, 1.54) is 0 Å². The molecular formula is C14H17N3O2. The van der Waals surface area contributed by atoms with Gasteiger partial charge in [0.05, 0.1) is 17.4 Å². The van der Waals surface area contributed by atoms with Crippen molar-refractivity contribution in [1.29, 1.82) is 5.26 Å². The Balaban J connectivity index is 1.96. The molecule has 2 N–H and O–H groups in total. The van der Waals surface area contributed by atoms with Gasteiger partial charge in [-0.25, -0.2) is 4.98 Å². The van der Waals surface area contributed by atoms with Gasteiger partial charge < -0.3 is 10.4 Å². The second kappa shape index (κ2) is 5.81. The van der Waals surface area contributed by atoms with Gasteiger partial charge in [-0.05, 0) is 31.9 Å². The highest BCUT2D eigenvalue weighted by Gasteiger charge is 2.25. The van der Waals surface area contributed by atoms with Crippen molar-refractivity contribution in [2.24, 2.45) is 5.92 Å². The number of rotatable bonds is 3. The van der Waals surface area contributed by atoms with Crippen molar-refractivity contribution in [2.45, 2.75) is 32.3 Å². The smallest absolute Gasteiger partial charge is 0.269 e. The third kappa shape index (κ3) is 3.09. The second-order valence-electron chi connectivity index (χ2n) is 4.91. The molecule has 2 unspecified atom stereocenters. The van der Waals surface area contributed by atoms with Crippen molar-refractivity contribution in [3.05, 3.63) is 29.1 Å². The highest BCUT2D eigenvalue weighted by molar-refractivity contribution is 5.92. The Bertz CT molecular complexity index is 522. The average molecular weight is 259 g/mol. The van der Waals surface area contributed by atoms with Crippen LogP contribution in [0.3, 0.4) is 0 Å². The minimum absolute atomic E-state index is 0.142. The summed E-state index contributed by atoms with van der Waals surface area (Å²) < 4.78 is 0. The van der Waals surface area contributed by atoms with Crippen molar-refractivity contribution in [3.8, 4) is 6.07 Å². The molecule has 0 radical (unpaired) electrons. The van der Waals surface area contributed by atoms with Crippen LogP contribution in [-0.2, 0) is 0 Å². The number of pyridine rings is 1. The van der Waals surface area contributed by atoms with Gasteiger partial charge in [0.1, 0.15) is 11.8 Å². The molecule has 1 heterocycles. The van der Waals surface area contributed by atoms with Gasteiger partial charge in [0.15, 0.2) is 0 Å². The van der Waals surface area contributed by atoms with E-state index in [0.717, 1.165) is 19.3 Å². The van der Waals surface area contributed by atoms with Gasteiger partial charge >= 0.3 is 0 Å². The van der Waals surface area contributed by atoms with Gasteiger partial charge in [0, 0.05) is 12.5 Å². The number of aryl methyl sites for hydroxylation is 1. The maximum atomic E-state index is 11.9. The van der Waals surface area contributed by atoms with Crippen LogP contribution < -0.4 is 5.32 Å². The molecule has 1 aromatic heterocycles. The molecule has 5 heteroatoms. The van der Waals surface area contributed by atoms with Crippen LogP contribution in [0.5, 0.6) is 0 Å². The predicted molar refractivity (Wildman–Crippen MR) is 69.4 cm³/mol. The van der Waals surface area contributed by atoms with E-state index in [1.54, 1.807) is 19.1 Å². The molecule has 2 rings (SSSR count). The summed E-state index contributed by atoms with van der Waals surface area (Å²) >= 11 is 0. The first-order valence-electron chi connectivity index (χ1n) is 6.46. The zero-order valence-corrected chi connectivity index (χ0v) is 10.9. The number of aliphatic hydroxyl groups excluding tert-OH is 1. The number of hydrogen-bond donors (Lipinski definition) is 2. The number of aliphatic hydroxyl groups is 1. The quantitative estimate of drug-likeness (QED) is 0.852. The van der Waals surface area contributed by atoms with E-state index in [4.69, 9.17) is 5.26 Å². The van der Waals surface area contributed by atoms with E-state index in [2.05, 4.69) is 10.3 Å². The molecule has 1 aliphatic carbocycles. The summed E-state index contributed by atoms with van der Waals surface area (Å²) in [4.78, 5) is 16.0. The third-order valence-corrected chi connectivity index (χ3v) is 3.58. The van der Waals surface area contributed by atoms with Crippen molar-refractivity contribution < 1.29 is 9.90 Å². The fraction of sp³-hybridized carbons (Fsp3) is 0.500. The largest absolute Gasteiger partial charge is 0.393 e. The van der Waals surface area contributed by atoms with Gasteiger partial charge in [-0.2, -0.15) is 5.26 Å². The van der Waals surface area contributed by atoms with E-state index in [-0.39, 0.29) is 17.9 Å². The summed E-state index contributed by atoms with van der Waals surface area (Å²) in [5.41, 5.74) is 1.34. The lowest BCUT2D eigenvalue weighted by atomic mass is 10.1. The number of nitrogens with zero attached hydrogens (tertiary/aromatic N) is 2. The summed E-state index contributed by atoms with van der Waals surface area (Å²) in [6.07, 6.45) is 2.46. The number of hydrogen-bond acceptors (Lipinski definition) is 4. The minimum Gasteiger partial charge on any atom is -0.393 e. The van der Waals surface area contributed by atoms with Crippen LogP contribution in [-0.4, -0.2) is 28.6 Å². The van der Waals surface area contributed by atoms with Crippen LogP contribution in [0.25, 0.3) is 0 Å². The van der Waals surface area contributed by atoms with E-state index in [1.807, 2.05) is 6.07 Å². The number of amides is 1. The Morgan fingerprint density at radius 3 is 2.95 bits per heavy atom. The zero-order chi connectivity index (χ0) is 13.8. The van der Waals surface area contributed by atoms with Crippen LogP contribution >= 0.6 is 0 Å². The molecule has 19 heavy (non-hydrogen) atoms. The van der Waals surface area contributed by atoms with Gasteiger partial charge in [0.25, 0.3) is 5.91 Å². The Kier molecular flexibility index (Phi) is 4.13. The number of aromatic nitrogens is 1. The molecule has 100 valence electrons. The molecule has 0 aliphatic heterocycles. The lowest BCUT2D eigenvalue weighted by Gasteiger charge is -2.14. The topological polar surface area (TPSA) is 86.0 Å². The number of nitriles is 1. The molecule has 5 nitrogen and oxygen atoms in total. The molecule has 1 saturated carbocycles. The summed E-state index contributed by atoms with van der Waals surface area (Å²) in [6, 6.07) is 5.16. The molecule has 0 saturated heterocycles. The molecule has 2 atom stereocenters. The first-order chi connectivity index (χ1) is 9.11. The Morgan fingerprint density at radius 2 is 2.37 bits per heavy atom. The summed E-state index contributed by atoms with van der Waals surface area (Å²) in [6.45, 7) is 2.18. The SMILES string of the molecule is Cc1nc(C(=O)NCC2CCCC2O)ccc1C#N. The van der Waals surface area contributed by atoms with Crippen LogP contribution in [0, 0.1) is 24.2 Å². The van der Waals surface area contributed by atoms with Crippen LogP contribution in [0.1, 0.15) is 41.0 Å². The molecule has 1 aliphatic rings. The fourth-order valence-electron chi connectivity index (χ4n) is 2.38. The normalized spacial score (nSPS) is 21.9. The third-order valence-electron chi connectivity index (χ3n) is 3.58. The fourth-order valence-corrected chi connectivity index (χ4v) is 2.38. The zero-order valence-electron chi connectivity index (χ0n) is 10.9. The second-order valence-corrected chi connectivity index (χ2v) is 4.91. The maximum Gasteiger partial charge on any atom is 0.269 e. The number of nitrogens with one attached hydrogen (secondary N) is 1. The average Bonchev–Trinajstić information content (AvgIpc) is 2.81. The van der Waals surface area contributed by atoms with Gasteiger partial charge in [-0.1, -0.05) is 6.42 Å². The van der Waals surface area contributed by atoms with Crippen LogP contribution in [0.15, 0.2) is 12.1 Å². The van der Waals surface area contributed by atoms with Crippen molar-refractivity contribution in [3.63, 3.8) is 0 Å². The molecule has 0 spiro atoms. The Hall–Kier alpha value is -1.93. The van der Waals surface area contributed by atoms with Gasteiger partial charge in [0.2, 0.25) is 0 Å². The maximum absolute atomic E-state index is 11.9. The van der Waals surface area contributed by atoms with Gasteiger partial charge in [-0.15, -0.1) is 0 Å². The van der Waals surface area contributed by atoms with Crippen LogP contribution in [0.2, 0.25) is 0 Å². The first kappa shape index (κ1) is 13.5. The lowest BCUT2D eigenvalue weighted by Crippen LogP contribution is -2.33. The molecule has 1 fully saturated rings. The minimum atomic E-state index is -0.309. The summed E-state index contributed by atoms with van der Waals surface area (Å²) in [5.74, 6) is -0.116. The Labute approximate surface area is 112 Å². The lowest BCUT2D eigenvalue weighted by molar-refractivity contribution is 0.0912. The van der Waals surface area contributed by atoms with Gasteiger partial charge in [-0.3, -0.25) is 4.79 Å². The molecule has 1 amide bonds. The van der Waals surface area contributed by atoms with E-state index < -0.39 is 0 Å². The van der Waals surface area contributed by atoms with Crippen molar-refractivity contribution in [1.82, 2.24) is 10.3 Å². The number of carbonyl (C=O) groups excluding carboxylic acids is 1. The van der Waals surface area contributed by atoms with E-state index in [0.29, 0.717) is 23.5 Å². The highest BCUT2D eigenvalue weighted by atomic mass is 16.3. The standard InChI is InChI=1S/C14H17N3O2/c1-9-10(7-15)5-6-12(17-9)14(19)16-8-11-3-2-4-13(11)18/h5-6,11,13,18H,2-4,8H2,1H3,(H,16,19). The summed E-state index contributed by atoms with van der Waals surface area (Å²) in [5, 5.41) is 21.3. The molecule has 0 aromatic carbocycles. The predicted octanol–water partition coefficient (Wildman–Crippen LogP) is 1.15. The first-order valence-corrected chi connectivity index (χ1v) is 6.46. The molecular weight excluding hydrogens is 242 g/mol. The molecule has 0 bridgehead atoms. The van der Waals surface area contributed by atoms with Crippen molar-refractivity contribution >= 4 is 5.91 Å². The highest BCUT2D eigenvalue weighted by Crippen LogP contribution is 2.24. The van der Waals surface area contributed by atoms with E-state index in [9.17, 15) is 9.90 Å². The Morgan fingerprint density at radius 1 is 1.58 bits per heavy atom. The number of carbonyl (C=O) groups is 1.